The Morgan fingerprint density at radius 2 is 1.73 bits per heavy atom. The van der Waals surface area contributed by atoms with E-state index in [2.05, 4.69) is 3.07 Å². The molecule has 0 aromatic rings. The van der Waals surface area contributed by atoms with Gasteiger partial charge in [-0.15, -0.1) is 0 Å². The average Bonchev–Trinajstić information content (AvgIpc) is 1.96. The van der Waals surface area contributed by atoms with Crippen LogP contribution >= 0.6 is 0 Å². The third kappa shape index (κ3) is 10.5. The molecule has 0 bridgehead atoms. The van der Waals surface area contributed by atoms with E-state index < -0.39 is 21.1 Å². The lowest BCUT2D eigenvalue weighted by Crippen LogP contribution is -3.99. The first-order valence-corrected chi connectivity index (χ1v) is 6.16. The summed E-state index contributed by atoms with van der Waals surface area (Å²) in [5.74, 6) is 0. The average molecular weight is 278 g/mol. The summed E-state index contributed by atoms with van der Waals surface area (Å²) in [6, 6.07) is 0. The molecular weight excluding hydrogens is 266 g/mol. The van der Waals surface area contributed by atoms with Gasteiger partial charge in [-0.1, -0.05) is 12.8 Å². The molecule has 0 fully saturated rings. The summed E-state index contributed by atoms with van der Waals surface area (Å²) in [6.45, 7) is -0.0212. The van der Waals surface area contributed by atoms with Crippen molar-refractivity contribution in [1.82, 2.24) is 0 Å². The summed E-state index contributed by atoms with van der Waals surface area (Å²) < 4.78 is 35.8. The molecule has 11 heavy (non-hydrogen) atoms. The van der Waals surface area contributed by atoms with E-state index in [0.29, 0.717) is 12.8 Å². The normalized spacial score (nSPS) is 10.9. The Balaban J connectivity index is 2.80. The van der Waals surface area contributed by atoms with Crippen LogP contribution in [-0.2, 0) is 3.07 Å². The number of hydrogen-bond acceptors (Lipinski definition) is 3. The highest BCUT2D eigenvalue weighted by Gasteiger charge is 2.09. The van der Waals surface area contributed by atoms with Crippen molar-refractivity contribution < 1.29 is 35.4 Å². The number of halogens is 2. The molecule has 68 valence electrons. The molecule has 0 heterocycles. The molecule has 0 radical (unpaired) electrons. The van der Waals surface area contributed by atoms with Crippen molar-refractivity contribution in [2.45, 2.75) is 25.7 Å². The van der Waals surface area contributed by atoms with E-state index in [1.54, 1.807) is 0 Å². The molecule has 0 saturated heterocycles. The maximum Gasteiger partial charge on any atom is 0.506 e. The lowest BCUT2D eigenvalue weighted by molar-refractivity contribution is -1.63. The summed E-state index contributed by atoms with van der Waals surface area (Å²) in [5.41, 5.74) is 0. The summed E-state index contributed by atoms with van der Waals surface area (Å²) in [6.07, 6.45) is 2.93. The molecule has 0 aliphatic carbocycles. The van der Waals surface area contributed by atoms with Crippen molar-refractivity contribution in [1.29, 1.82) is 0 Å². The largest absolute Gasteiger partial charge is 0.506 e. The Hall–Kier alpha value is 0.540. The van der Waals surface area contributed by atoms with E-state index in [4.69, 9.17) is 0 Å². The minimum Gasteiger partial charge on any atom is -0.396 e. The van der Waals surface area contributed by atoms with Crippen molar-refractivity contribution in [2.75, 3.05) is 13.3 Å². The molecule has 0 unspecified atom stereocenters. The Morgan fingerprint density at radius 1 is 1.09 bits per heavy atom. The molecule has 0 spiro atoms. The van der Waals surface area contributed by atoms with E-state index in [-0.39, 0.29) is 13.3 Å². The Kier molecular flexibility index (Phi) is 9.06. The number of unbranched alkanes of at least 4 members (excludes halogenated alkanes) is 3. The van der Waals surface area contributed by atoms with Crippen LogP contribution in [0.2, 0.25) is 0 Å². The Morgan fingerprint density at radius 3 is 2.27 bits per heavy atom. The molecule has 3 nitrogen and oxygen atoms in total. The van der Waals surface area contributed by atoms with Gasteiger partial charge in [-0.25, -0.2) is 0 Å². The third-order valence-corrected chi connectivity index (χ3v) is 2.14. The van der Waals surface area contributed by atoms with Gasteiger partial charge < -0.3 is 6.87 Å². The van der Waals surface area contributed by atoms with Crippen LogP contribution < -0.4 is 27.9 Å². The van der Waals surface area contributed by atoms with Gasteiger partial charge in [0.15, 0.2) is 0 Å². The van der Waals surface area contributed by atoms with Crippen LogP contribution in [-0.4, -0.2) is 13.3 Å². The lowest BCUT2D eigenvalue weighted by Gasteiger charge is -1.94. The zero-order chi connectivity index (χ0) is 8.53. The van der Waals surface area contributed by atoms with E-state index in [0.717, 1.165) is 12.8 Å². The maximum absolute atomic E-state index is 11.5. The molecule has 0 aliphatic rings. The topological polar surface area (TPSA) is 55.3 Å². The van der Waals surface area contributed by atoms with Gasteiger partial charge in [-0.3, -0.25) is 4.39 Å². The van der Waals surface area contributed by atoms with Crippen molar-refractivity contribution in [2.24, 2.45) is 0 Å². The van der Waals surface area contributed by atoms with E-state index in [9.17, 15) is 11.3 Å². The van der Waals surface area contributed by atoms with E-state index >= 15 is 0 Å². The van der Waals surface area contributed by atoms with E-state index in [1.165, 1.54) is 0 Å². The molecule has 0 atom stereocenters. The van der Waals surface area contributed by atoms with Crippen LogP contribution in [0.4, 0.5) is 4.39 Å². The maximum atomic E-state index is 11.5. The van der Waals surface area contributed by atoms with Gasteiger partial charge in [0.1, 0.15) is 6.61 Å². The summed E-state index contributed by atoms with van der Waals surface area (Å²) in [7, 11) is 0. The molecule has 0 aromatic carbocycles. The summed E-state index contributed by atoms with van der Waals surface area (Å²) in [5, 5.41) is 0. The van der Waals surface area contributed by atoms with Crippen molar-refractivity contribution in [3.05, 3.63) is 0 Å². The zero-order valence-electron chi connectivity index (χ0n) is 6.22. The Labute approximate surface area is 74.6 Å². The molecule has 0 rings (SSSR count). The van der Waals surface area contributed by atoms with Gasteiger partial charge in [0.05, 0.1) is 6.67 Å². The fourth-order valence-electron chi connectivity index (χ4n) is 0.668. The van der Waals surface area contributed by atoms with Gasteiger partial charge in [-0.05, 0) is 15.9 Å². The van der Waals surface area contributed by atoms with Crippen LogP contribution in [0.5, 0.6) is 0 Å². The predicted molar refractivity (Wildman–Crippen MR) is 30.4 cm³/mol. The summed E-state index contributed by atoms with van der Waals surface area (Å²) in [4.78, 5) is 0. The lowest BCUT2D eigenvalue weighted by atomic mass is 10.2. The summed E-state index contributed by atoms with van der Waals surface area (Å²) >= 11 is -3.45. The van der Waals surface area contributed by atoms with Crippen molar-refractivity contribution in [3.63, 3.8) is 0 Å². The molecule has 0 N–H and O–H groups in total. The second-order valence-electron chi connectivity index (χ2n) is 2.11. The second-order valence-corrected chi connectivity index (χ2v) is 3.81. The zero-order valence-corrected chi connectivity index (χ0v) is 8.38. The fraction of sp³-hybridized carbons (Fsp3) is 1.00. The van der Waals surface area contributed by atoms with Gasteiger partial charge in [0.25, 0.3) is 0 Å². The first-order valence-electron chi connectivity index (χ1n) is 3.52. The number of rotatable bonds is 7. The minimum atomic E-state index is -3.45. The van der Waals surface area contributed by atoms with Crippen LogP contribution in [0.25, 0.3) is 0 Å². The van der Waals surface area contributed by atoms with Crippen LogP contribution in [0.3, 0.4) is 0 Å². The number of alkyl halides is 1. The molecule has 0 amide bonds. The standard InChI is InChI=1S/C6H12FIO3/c7-5-3-1-2-4-6-11-8(9)10/h1-6H2. The van der Waals surface area contributed by atoms with E-state index in [1.807, 2.05) is 0 Å². The predicted octanol–water partition coefficient (Wildman–Crippen LogP) is -3.38. The van der Waals surface area contributed by atoms with Crippen molar-refractivity contribution >= 4 is 0 Å². The van der Waals surface area contributed by atoms with Gasteiger partial charge >= 0.3 is 21.1 Å². The first kappa shape index (κ1) is 11.5. The third-order valence-electron chi connectivity index (χ3n) is 1.19. The van der Waals surface area contributed by atoms with Crippen LogP contribution in [0.15, 0.2) is 0 Å². The van der Waals surface area contributed by atoms with Crippen LogP contribution in [0.1, 0.15) is 25.7 Å². The monoisotopic (exact) mass is 278 g/mol. The second kappa shape index (κ2) is 8.63. The fourth-order valence-corrected chi connectivity index (χ4v) is 1.34. The highest BCUT2D eigenvalue weighted by Crippen LogP contribution is 1.98. The van der Waals surface area contributed by atoms with Crippen LogP contribution in [0, 0.1) is 0 Å². The van der Waals surface area contributed by atoms with Gasteiger partial charge in [-0.2, -0.15) is 0 Å². The SMILES string of the molecule is [O-][I+2]([O-])OCCCCCCF. The molecule has 5 heteroatoms. The van der Waals surface area contributed by atoms with Gasteiger partial charge in [0.2, 0.25) is 0 Å². The van der Waals surface area contributed by atoms with Crippen molar-refractivity contribution in [3.8, 4) is 0 Å². The smallest absolute Gasteiger partial charge is 0.396 e. The molecular formula is C6H12FIO3. The first-order chi connectivity index (χ1) is 5.27. The molecule has 0 aliphatic heterocycles. The molecule has 0 aromatic heterocycles. The van der Waals surface area contributed by atoms with Gasteiger partial charge in [0, 0.05) is 0 Å². The Bertz CT molecular complexity index is 82.2. The minimum absolute atomic E-state index is 0.268. The quantitative estimate of drug-likeness (QED) is 0.361. The molecule has 0 saturated carbocycles. The highest BCUT2D eigenvalue weighted by molar-refractivity contribution is 4.39. The highest BCUT2D eigenvalue weighted by atomic mass is 127. The number of hydrogen-bond donors (Lipinski definition) is 0.